The average Bonchev–Trinajstić information content (AvgIpc) is 3.13. The number of aliphatic imine (C=N–C) groups is 1. The first kappa shape index (κ1) is 19.9. The lowest BCUT2D eigenvalue weighted by Gasteiger charge is -2.26. The van der Waals surface area contributed by atoms with E-state index in [1.54, 1.807) is 0 Å². The van der Waals surface area contributed by atoms with Crippen molar-refractivity contribution >= 4 is 5.96 Å². The predicted molar refractivity (Wildman–Crippen MR) is 106 cm³/mol. The first-order valence-corrected chi connectivity index (χ1v) is 9.98. The molecular weight excluding hydrogens is 344 g/mol. The molecule has 1 aromatic carbocycles. The van der Waals surface area contributed by atoms with Crippen LogP contribution in [0.4, 0.5) is 0 Å². The normalized spacial score (nSPS) is 21.5. The molecule has 0 bridgehead atoms. The van der Waals surface area contributed by atoms with E-state index in [9.17, 15) is 5.11 Å². The second-order valence-corrected chi connectivity index (χ2v) is 6.97. The number of aliphatic hydroxyl groups is 1. The number of β-amino-alcohol motifs (C(OH)–C–C–N with tert-alkyl or cyclic N) is 1. The monoisotopic (exact) mass is 376 g/mol. The molecule has 2 fully saturated rings. The second kappa shape index (κ2) is 10.5. The van der Waals surface area contributed by atoms with Gasteiger partial charge < -0.3 is 24.8 Å². The fraction of sp³-hybridized carbons (Fsp3) is 0.650. The molecule has 0 amide bonds. The van der Waals surface area contributed by atoms with Crippen LogP contribution in [0.3, 0.4) is 0 Å². The topological polar surface area (TPSA) is 69.6 Å². The highest BCUT2D eigenvalue weighted by molar-refractivity contribution is 5.80. The van der Waals surface area contributed by atoms with Gasteiger partial charge in [0.25, 0.3) is 0 Å². The van der Waals surface area contributed by atoms with Gasteiger partial charge in [-0.15, -0.1) is 0 Å². The largest absolute Gasteiger partial charge is 0.492 e. The van der Waals surface area contributed by atoms with Gasteiger partial charge in [-0.25, -0.2) is 4.99 Å². The molecule has 0 aliphatic carbocycles. The zero-order valence-electron chi connectivity index (χ0n) is 16.3. The highest BCUT2D eigenvalue weighted by atomic mass is 16.5. The number of likely N-dealkylation sites (tertiary alicyclic amines) is 1. The summed E-state index contributed by atoms with van der Waals surface area (Å²) in [4.78, 5) is 9.26. The van der Waals surface area contributed by atoms with E-state index in [2.05, 4.69) is 28.1 Å². The van der Waals surface area contributed by atoms with Gasteiger partial charge in [-0.1, -0.05) is 18.2 Å². The number of para-hydroxylation sites is 1. The summed E-state index contributed by atoms with van der Waals surface area (Å²) in [6.07, 6.45) is 0.538. The lowest BCUT2D eigenvalue weighted by Crippen LogP contribution is -2.40. The van der Waals surface area contributed by atoms with Crippen LogP contribution < -0.4 is 10.1 Å². The summed E-state index contributed by atoms with van der Waals surface area (Å²) in [5.74, 6) is 1.75. The van der Waals surface area contributed by atoms with Gasteiger partial charge in [0.15, 0.2) is 5.96 Å². The van der Waals surface area contributed by atoms with Crippen LogP contribution in [0.25, 0.3) is 0 Å². The number of nitrogens with zero attached hydrogens (tertiary/aromatic N) is 3. The van der Waals surface area contributed by atoms with Crippen molar-refractivity contribution in [1.82, 2.24) is 15.1 Å². The Hall–Kier alpha value is -1.83. The van der Waals surface area contributed by atoms with Crippen LogP contribution >= 0.6 is 0 Å². The van der Waals surface area contributed by atoms with Crippen LogP contribution in [-0.2, 0) is 11.3 Å². The summed E-state index contributed by atoms with van der Waals surface area (Å²) in [6, 6.07) is 8.10. The Morgan fingerprint density at radius 1 is 1.30 bits per heavy atom. The van der Waals surface area contributed by atoms with Crippen LogP contribution in [0.2, 0.25) is 0 Å². The Morgan fingerprint density at radius 3 is 2.85 bits per heavy atom. The summed E-state index contributed by atoms with van der Waals surface area (Å²) in [5.41, 5.74) is 1.08. The molecule has 7 nitrogen and oxygen atoms in total. The molecule has 150 valence electrons. The Morgan fingerprint density at radius 2 is 2.11 bits per heavy atom. The molecule has 0 radical (unpaired) electrons. The van der Waals surface area contributed by atoms with Gasteiger partial charge in [0.1, 0.15) is 12.4 Å². The molecule has 2 N–H and O–H groups in total. The molecule has 0 spiro atoms. The van der Waals surface area contributed by atoms with Crippen molar-refractivity contribution in [2.24, 2.45) is 4.99 Å². The van der Waals surface area contributed by atoms with Crippen LogP contribution in [0.15, 0.2) is 29.3 Å². The lowest BCUT2D eigenvalue weighted by atomic mass is 10.2. The van der Waals surface area contributed by atoms with E-state index >= 15 is 0 Å². The molecule has 2 aliphatic rings. The van der Waals surface area contributed by atoms with Gasteiger partial charge in [0.05, 0.1) is 25.9 Å². The highest BCUT2D eigenvalue weighted by Crippen LogP contribution is 2.19. The van der Waals surface area contributed by atoms with E-state index < -0.39 is 0 Å². The van der Waals surface area contributed by atoms with E-state index in [-0.39, 0.29) is 6.10 Å². The Labute approximate surface area is 162 Å². The SMILES string of the molecule is CCNC(=NCc1ccccc1OCCN1CCOCC1)N1CC[C@@H](O)C1. The van der Waals surface area contributed by atoms with Gasteiger partial charge in [0, 0.05) is 44.8 Å². The molecule has 3 rings (SSSR count). The van der Waals surface area contributed by atoms with E-state index in [4.69, 9.17) is 14.5 Å². The van der Waals surface area contributed by atoms with Gasteiger partial charge in [-0.05, 0) is 19.4 Å². The molecule has 0 saturated carbocycles. The van der Waals surface area contributed by atoms with Crippen LogP contribution in [0.1, 0.15) is 18.9 Å². The van der Waals surface area contributed by atoms with Crippen LogP contribution in [0.5, 0.6) is 5.75 Å². The maximum absolute atomic E-state index is 9.79. The minimum absolute atomic E-state index is 0.260. The van der Waals surface area contributed by atoms with E-state index in [0.29, 0.717) is 19.7 Å². The number of nitrogens with one attached hydrogen (secondary N) is 1. The first-order chi connectivity index (χ1) is 13.3. The smallest absolute Gasteiger partial charge is 0.194 e. The third-order valence-corrected chi connectivity index (χ3v) is 4.94. The van der Waals surface area contributed by atoms with Gasteiger partial charge in [-0.3, -0.25) is 4.90 Å². The minimum Gasteiger partial charge on any atom is -0.492 e. The predicted octanol–water partition coefficient (Wildman–Crippen LogP) is 0.930. The lowest BCUT2D eigenvalue weighted by molar-refractivity contribution is 0.0322. The fourth-order valence-electron chi connectivity index (χ4n) is 3.40. The van der Waals surface area contributed by atoms with Crippen LogP contribution in [-0.4, -0.2) is 86.1 Å². The van der Waals surface area contributed by atoms with Crippen molar-refractivity contribution in [3.63, 3.8) is 0 Å². The quantitative estimate of drug-likeness (QED) is 0.545. The van der Waals surface area contributed by atoms with Gasteiger partial charge in [-0.2, -0.15) is 0 Å². The zero-order chi connectivity index (χ0) is 18.9. The number of ether oxygens (including phenoxy) is 2. The maximum atomic E-state index is 9.79. The minimum atomic E-state index is -0.260. The van der Waals surface area contributed by atoms with Crippen molar-refractivity contribution in [2.45, 2.75) is 26.0 Å². The molecule has 2 saturated heterocycles. The first-order valence-electron chi connectivity index (χ1n) is 9.98. The van der Waals surface area contributed by atoms with Crippen molar-refractivity contribution in [3.05, 3.63) is 29.8 Å². The number of morpholine rings is 1. The van der Waals surface area contributed by atoms with Crippen molar-refractivity contribution in [2.75, 3.05) is 59.1 Å². The van der Waals surface area contributed by atoms with Crippen LogP contribution in [0, 0.1) is 0 Å². The Balaban J connectivity index is 1.57. The van der Waals surface area contributed by atoms with Crippen molar-refractivity contribution in [1.29, 1.82) is 0 Å². The zero-order valence-corrected chi connectivity index (χ0v) is 16.3. The second-order valence-electron chi connectivity index (χ2n) is 6.97. The van der Waals surface area contributed by atoms with E-state index in [0.717, 1.165) is 69.6 Å². The number of guanidine groups is 1. The van der Waals surface area contributed by atoms with Gasteiger partial charge in [0.2, 0.25) is 0 Å². The Bertz CT molecular complexity index is 605. The molecule has 1 aromatic rings. The average molecular weight is 377 g/mol. The molecule has 0 unspecified atom stereocenters. The number of rotatable bonds is 7. The van der Waals surface area contributed by atoms with Crippen molar-refractivity contribution < 1.29 is 14.6 Å². The summed E-state index contributed by atoms with van der Waals surface area (Å²) in [6.45, 7) is 10.1. The molecule has 1 atom stereocenters. The standard InChI is InChI=1S/C20H32N4O3/c1-2-21-20(24-8-7-18(25)16-24)22-15-17-5-3-4-6-19(17)27-14-11-23-9-12-26-13-10-23/h3-6,18,25H,2,7-16H2,1H3,(H,21,22)/t18-/m1/s1. The third kappa shape index (κ3) is 6.09. The number of hydrogen-bond acceptors (Lipinski definition) is 5. The summed E-state index contributed by atoms with van der Waals surface area (Å²) >= 11 is 0. The number of benzene rings is 1. The van der Waals surface area contributed by atoms with E-state index in [1.165, 1.54) is 0 Å². The molecule has 7 heteroatoms. The number of aliphatic hydroxyl groups excluding tert-OH is 1. The summed E-state index contributed by atoms with van der Waals surface area (Å²) < 4.78 is 11.4. The maximum Gasteiger partial charge on any atom is 0.194 e. The molecule has 27 heavy (non-hydrogen) atoms. The number of hydrogen-bond donors (Lipinski definition) is 2. The molecular formula is C20H32N4O3. The highest BCUT2D eigenvalue weighted by Gasteiger charge is 2.22. The fourth-order valence-corrected chi connectivity index (χ4v) is 3.40. The molecule has 0 aromatic heterocycles. The van der Waals surface area contributed by atoms with Crippen molar-refractivity contribution in [3.8, 4) is 5.75 Å². The molecule has 2 heterocycles. The van der Waals surface area contributed by atoms with Gasteiger partial charge >= 0.3 is 0 Å². The third-order valence-electron chi connectivity index (χ3n) is 4.94. The summed E-state index contributed by atoms with van der Waals surface area (Å²) in [7, 11) is 0. The summed E-state index contributed by atoms with van der Waals surface area (Å²) in [5, 5.41) is 13.1. The molecule has 2 aliphatic heterocycles. The van der Waals surface area contributed by atoms with E-state index in [1.807, 2.05) is 18.2 Å². The Kier molecular flexibility index (Phi) is 7.74.